The van der Waals surface area contributed by atoms with Crippen molar-refractivity contribution >= 4 is 5.97 Å². The first-order valence-electron chi connectivity index (χ1n) is 6.78. The summed E-state index contributed by atoms with van der Waals surface area (Å²) in [6.45, 7) is 8.31. The summed E-state index contributed by atoms with van der Waals surface area (Å²) in [4.78, 5) is 11.7. The Morgan fingerprint density at radius 1 is 1.39 bits per heavy atom. The Labute approximate surface area is 107 Å². The van der Waals surface area contributed by atoms with Crippen molar-refractivity contribution in [3.8, 4) is 0 Å². The number of carbonyl (C=O) groups is 1. The summed E-state index contributed by atoms with van der Waals surface area (Å²) in [6.07, 6.45) is 3.33. The van der Waals surface area contributed by atoms with Gasteiger partial charge in [-0.2, -0.15) is 0 Å². The Kier molecular flexibility index (Phi) is 1.85. The van der Waals surface area contributed by atoms with Gasteiger partial charge >= 0.3 is 5.97 Å². The number of ether oxygens (including phenoxy) is 2. The van der Waals surface area contributed by atoms with E-state index in [0.717, 1.165) is 19.3 Å². The van der Waals surface area contributed by atoms with E-state index in [-0.39, 0.29) is 29.7 Å². The molecule has 0 bridgehead atoms. The summed E-state index contributed by atoms with van der Waals surface area (Å²) in [5.41, 5.74) is 3.57. The zero-order valence-corrected chi connectivity index (χ0v) is 10.9. The van der Waals surface area contributed by atoms with E-state index in [9.17, 15) is 4.79 Å². The number of epoxide rings is 1. The molecule has 1 saturated carbocycles. The zero-order chi connectivity index (χ0) is 12.7. The molecule has 5 atom stereocenters. The average molecular weight is 246 g/mol. The molecule has 18 heavy (non-hydrogen) atoms. The Morgan fingerprint density at radius 2 is 2.17 bits per heavy atom. The maximum atomic E-state index is 11.7. The maximum absolute atomic E-state index is 11.7. The largest absolute Gasteiger partial charge is 0.458 e. The van der Waals surface area contributed by atoms with Crippen LogP contribution in [-0.4, -0.2) is 23.8 Å². The highest BCUT2D eigenvalue weighted by atomic mass is 16.6. The Bertz CT molecular complexity index is 504. The molecule has 0 N–H and O–H groups in total. The highest BCUT2D eigenvalue weighted by molar-refractivity contribution is 5.91. The van der Waals surface area contributed by atoms with E-state index in [2.05, 4.69) is 20.4 Å². The molecule has 3 fully saturated rings. The molecule has 0 radical (unpaired) electrons. The van der Waals surface area contributed by atoms with E-state index in [0.29, 0.717) is 11.5 Å². The van der Waals surface area contributed by atoms with Gasteiger partial charge in [-0.3, -0.25) is 0 Å². The third-order valence-electron chi connectivity index (χ3n) is 5.26. The zero-order valence-electron chi connectivity index (χ0n) is 10.9. The van der Waals surface area contributed by atoms with E-state index in [1.54, 1.807) is 0 Å². The van der Waals surface area contributed by atoms with Gasteiger partial charge in [0.1, 0.15) is 12.2 Å². The van der Waals surface area contributed by atoms with Gasteiger partial charge in [0.2, 0.25) is 0 Å². The van der Waals surface area contributed by atoms with Crippen molar-refractivity contribution in [2.24, 2.45) is 11.8 Å². The molecular formula is C15H18O3. The number of hydrogen-bond acceptors (Lipinski definition) is 3. The van der Waals surface area contributed by atoms with Crippen LogP contribution in [0.15, 0.2) is 23.3 Å². The maximum Gasteiger partial charge on any atom is 0.334 e. The second-order valence-corrected chi connectivity index (χ2v) is 6.40. The number of fused-ring (bicyclic) bond motifs is 5. The molecule has 0 amide bonds. The van der Waals surface area contributed by atoms with Crippen LogP contribution < -0.4 is 0 Å². The Morgan fingerprint density at radius 3 is 2.94 bits per heavy atom. The van der Waals surface area contributed by atoms with Gasteiger partial charge < -0.3 is 9.47 Å². The summed E-state index contributed by atoms with van der Waals surface area (Å²) in [5, 5.41) is 0. The van der Waals surface area contributed by atoms with Gasteiger partial charge in [0.15, 0.2) is 0 Å². The second-order valence-electron chi connectivity index (χ2n) is 6.40. The molecular weight excluding hydrogens is 228 g/mol. The normalized spacial score (nSPS) is 49.4. The van der Waals surface area contributed by atoms with Gasteiger partial charge in [-0.25, -0.2) is 4.79 Å². The molecule has 0 aromatic rings. The van der Waals surface area contributed by atoms with E-state index in [4.69, 9.17) is 9.47 Å². The van der Waals surface area contributed by atoms with Crippen LogP contribution in [0, 0.1) is 11.8 Å². The predicted molar refractivity (Wildman–Crippen MR) is 65.8 cm³/mol. The fourth-order valence-corrected chi connectivity index (χ4v) is 4.21. The van der Waals surface area contributed by atoms with Crippen molar-refractivity contribution in [1.82, 2.24) is 0 Å². The first-order chi connectivity index (χ1) is 8.51. The number of esters is 1. The van der Waals surface area contributed by atoms with E-state index in [1.165, 1.54) is 11.1 Å². The van der Waals surface area contributed by atoms with Crippen LogP contribution in [0.1, 0.15) is 33.1 Å². The first-order valence-corrected chi connectivity index (χ1v) is 6.78. The number of allylic oxidation sites excluding steroid dienone is 1. The first kappa shape index (κ1) is 10.8. The second kappa shape index (κ2) is 3.08. The minimum Gasteiger partial charge on any atom is -0.458 e. The van der Waals surface area contributed by atoms with Crippen molar-refractivity contribution in [3.63, 3.8) is 0 Å². The van der Waals surface area contributed by atoms with E-state index in [1.807, 2.05) is 0 Å². The third-order valence-corrected chi connectivity index (χ3v) is 5.26. The number of hydrogen-bond donors (Lipinski definition) is 0. The highest BCUT2D eigenvalue weighted by Crippen LogP contribution is 2.60. The predicted octanol–water partition coefficient (Wildman–Crippen LogP) is 2.37. The molecule has 4 rings (SSSR count). The van der Waals surface area contributed by atoms with Gasteiger partial charge in [-0.05, 0) is 38.7 Å². The fraction of sp³-hybridized carbons (Fsp3) is 0.667. The van der Waals surface area contributed by atoms with E-state index < -0.39 is 0 Å². The van der Waals surface area contributed by atoms with Crippen LogP contribution in [0.3, 0.4) is 0 Å². The molecule has 3 nitrogen and oxygen atoms in total. The van der Waals surface area contributed by atoms with Crippen LogP contribution >= 0.6 is 0 Å². The van der Waals surface area contributed by atoms with Gasteiger partial charge in [0.05, 0.1) is 5.60 Å². The monoisotopic (exact) mass is 246 g/mol. The number of carbonyl (C=O) groups excluding carboxylic acids is 1. The number of rotatable bonds is 0. The van der Waals surface area contributed by atoms with Crippen LogP contribution in [0.5, 0.6) is 0 Å². The van der Waals surface area contributed by atoms with Gasteiger partial charge in [-0.1, -0.05) is 12.2 Å². The lowest BCUT2D eigenvalue weighted by Gasteiger charge is -2.24. The van der Waals surface area contributed by atoms with Crippen LogP contribution in [-0.2, 0) is 14.3 Å². The van der Waals surface area contributed by atoms with Crippen molar-refractivity contribution in [2.45, 2.75) is 50.9 Å². The average Bonchev–Trinajstić information content (AvgIpc) is 2.80. The van der Waals surface area contributed by atoms with Gasteiger partial charge in [-0.15, -0.1) is 0 Å². The van der Waals surface area contributed by atoms with Crippen molar-refractivity contribution in [3.05, 3.63) is 23.3 Å². The van der Waals surface area contributed by atoms with Crippen LogP contribution in [0.25, 0.3) is 0 Å². The molecule has 2 aliphatic carbocycles. The van der Waals surface area contributed by atoms with Crippen molar-refractivity contribution in [2.75, 3.05) is 0 Å². The lowest BCUT2D eigenvalue weighted by atomic mass is 9.85. The Balaban J connectivity index is 1.77. The van der Waals surface area contributed by atoms with Crippen LogP contribution in [0.2, 0.25) is 0 Å². The smallest absolute Gasteiger partial charge is 0.334 e. The molecule has 0 spiro atoms. The molecule has 96 valence electrons. The molecule has 2 saturated heterocycles. The molecule has 0 unspecified atom stereocenters. The molecule has 2 aliphatic heterocycles. The molecule has 3 heteroatoms. The summed E-state index contributed by atoms with van der Waals surface area (Å²) >= 11 is 0. The quantitative estimate of drug-likeness (QED) is 0.285. The topological polar surface area (TPSA) is 38.8 Å². The minimum atomic E-state index is -0.185. The minimum absolute atomic E-state index is 0.0134. The van der Waals surface area contributed by atoms with Gasteiger partial charge in [0.25, 0.3) is 0 Å². The SMILES string of the molecule is C=C1C(=O)O[C@H]2[C@H]1CCC(C)=C1[C@H]3O[C@@]3(C)C[C@@H]12. The van der Waals surface area contributed by atoms with Gasteiger partial charge in [0, 0.05) is 17.4 Å². The summed E-state index contributed by atoms with van der Waals surface area (Å²) in [5.74, 6) is 0.399. The lowest BCUT2D eigenvalue weighted by molar-refractivity contribution is -0.141. The van der Waals surface area contributed by atoms with Crippen molar-refractivity contribution < 1.29 is 14.3 Å². The molecule has 0 aromatic carbocycles. The lowest BCUT2D eigenvalue weighted by Crippen LogP contribution is -2.27. The Hall–Kier alpha value is -1.09. The van der Waals surface area contributed by atoms with Crippen LogP contribution in [0.4, 0.5) is 0 Å². The fourth-order valence-electron chi connectivity index (χ4n) is 4.21. The standard InChI is InChI=1S/C15H18O3/c1-7-4-5-9-8(2)14(16)17-12(9)10-6-15(3)13(18-15)11(7)10/h9-10,12-13H,2,4-6H2,1,3H3/t9-,10-,12-,13+,15-/m0/s1. The molecule has 2 heterocycles. The highest BCUT2D eigenvalue weighted by Gasteiger charge is 2.66. The summed E-state index contributed by atoms with van der Waals surface area (Å²) in [7, 11) is 0. The molecule has 4 aliphatic rings. The summed E-state index contributed by atoms with van der Waals surface area (Å²) < 4.78 is 11.4. The summed E-state index contributed by atoms with van der Waals surface area (Å²) in [6, 6.07) is 0. The van der Waals surface area contributed by atoms with Crippen molar-refractivity contribution in [1.29, 1.82) is 0 Å². The van der Waals surface area contributed by atoms with E-state index >= 15 is 0 Å². The third kappa shape index (κ3) is 1.16. The molecule has 0 aromatic heterocycles.